The van der Waals surface area contributed by atoms with Gasteiger partial charge in [0.2, 0.25) is 0 Å². The Labute approximate surface area is 121 Å². The van der Waals surface area contributed by atoms with E-state index >= 15 is 0 Å². The van der Waals surface area contributed by atoms with Crippen LogP contribution in [0.5, 0.6) is 0 Å². The van der Waals surface area contributed by atoms with Gasteiger partial charge in [0.25, 0.3) is 0 Å². The van der Waals surface area contributed by atoms with Gasteiger partial charge >= 0.3 is 122 Å². The molecule has 0 radical (unpaired) electrons. The van der Waals surface area contributed by atoms with Gasteiger partial charge in [0, 0.05) is 0 Å². The van der Waals surface area contributed by atoms with E-state index in [9.17, 15) is 0 Å². The zero-order valence-corrected chi connectivity index (χ0v) is 14.1. The molecule has 100 valence electrons. The van der Waals surface area contributed by atoms with Gasteiger partial charge in [-0.2, -0.15) is 0 Å². The SMILES string of the molecule is CCN(CC)C(=S)O[Se]OC(=S)N(CC)CC. The molecule has 0 aromatic carbocycles. The Kier molecular flexibility index (Phi) is 9.82. The summed E-state index contributed by atoms with van der Waals surface area (Å²) in [6.07, 6.45) is 0. The molecule has 0 unspecified atom stereocenters. The van der Waals surface area contributed by atoms with Crippen LogP contribution in [0.2, 0.25) is 0 Å². The van der Waals surface area contributed by atoms with Crippen LogP contribution in [0.25, 0.3) is 0 Å². The Morgan fingerprint density at radius 2 is 1.12 bits per heavy atom. The van der Waals surface area contributed by atoms with Crippen molar-refractivity contribution in [2.45, 2.75) is 27.7 Å². The molecular formula is C10H20N2O2S2Se. The van der Waals surface area contributed by atoms with Crippen LogP contribution in [0, 0.1) is 0 Å². The molecule has 0 rings (SSSR count). The molecule has 0 fully saturated rings. The van der Waals surface area contributed by atoms with Crippen molar-refractivity contribution < 1.29 is 7.64 Å². The summed E-state index contributed by atoms with van der Waals surface area (Å²) in [4.78, 5) is 3.92. The third-order valence-electron chi connectivity index (χ3n) is 2.25. The summed E-state index contributed by atoms with van der Waals surface area (Å²) in [5.41, 5.74) is 0. The minimum absolute atomic E-state index is 0.484. The summed E-state index contributed by atoms with van der Waals surface area (Å²) >= 11 is 9.77. The molecule has 0 aromatic heterocycles. The van der Waals surface area contributed by atoms with E-state index in [0.29, 0.717) is 10.3 Å². The van der Waals surface area contributed by atoms with E-state index in [4.69, 9.17) is 32.1 Å². The predicted molar refractivity (Wildman–Crippen MR) is 79.0 cm³/mol. The van der Waals surface area contributed by atoms with Crippen LogP contribution in [0.4, 0.5) is 0 Å². The van der Waals surface area contributed by atoms with Crippen molar-refractivity contribution in [3.05, 3.63) is 0 Å². The van der Waals surface area contributed by atoms with Crippen molar-refractivity contribution in [1.29, 1.82) is 0 Å². The summed E-state index contributed by atoms with van der Waals surface area (Å²) in [7, 11) is 0. The summed E-state index contributed by atoms with van der Waals surface area (Å²) in [6, 6.07) is 0. The van der Waals surface area contributed by atoms with Gasteiger partial charge in [0.05, 0.1) is 0 Å². The van der Waals surface area contributed by atoms with Gasteiger partial charge in [-0.15, -0.1) is 0 Å². The monoisotopic (exact) mass is 344 g/mol. The fourth-order valence-corrected chi connectivity index (χ4v) is 2.71. The molecule has 0 aliphatic carbocycles. The molecule has 0 saturated carbocycles. The molecule has 7 heteroatoms. The predicted octanol–water partition coefficient (Wildman–Crippen LogP) is 1.81. The molecule has 0 aliphatic rings. The molecule has 0 N–H and O–H groups in total. The van der Waals surface area contributed by atoms with Crippen molar-refractivity contribution in [2.75, 3.05) is 26.2 Å². The summed E-state index contributed by atoms with van der Waals surface area (Å²) < 4.78 is 10.8. The topological polar surface area (TPSA) is 24.9 Å². The fourth-order valence-electron chi connectivity index (χ4n) is 1.14. The van der Waals surface area contributed by atoms with E-state index in [0.717, 1.165) is 26.2 Å². The second kappa shape index (κ2) is 9.88. The Hall–Kier alpha value is -0.101. The van der Waals surface area contributed by atoms with Crippen molar-refractivity contribution in [3.63, 3.8) is 0 Å². The Morgan fingerprint density at radius 3 is 1.35 bits per heavy atom. The van der Waals surface area contributed by atoms with Crippen LogP contribution in [0.3, 0.4) is 0 Å². The molecule has 0 bridgehead atoms. The zero-order chi connectivity index (χ0) is 13.3. The number of hydrogen-bond acceptors (Lipinski definition) is 4. The van der Waals surface area contributed by atoms with E-state index in [1.54, 1.807) is 0 Å². The second-order valence-electron chi connectivity index (χ2n) is 3.11. The number of thiocarbonyl (C=S) groups is 2. The van der Waals surface area contributed by atoms with Crippen LogP contribution >= 0.6 is 24.4 Å². The van der Waals surface area contributed by atoms with Gasteiger partial charge in [0.15, 0.2) is 0 Å². The van der Waals surface area contributed by atoms with Crippen molar-refractivity contribution >= 4 is 50.4 Å². The van der Waals surface area contributed by atoms with E-state index in [-0.39, 0.29) is 0 Å². The number of hydrogen-bond donors (Lipinski definition) is 0. The Bertz CT molecular complexity index is 222. The van der Waals surface area contributed by atoms with Crippen LogP contribution in [-0.4, -0.2) is 61.9 Å². The normalized spacial score (nSPS) is 9.65. The maximum absolute atomic E-state index is 5.38. The zero-order valence-electron chi connectivity index (χ0n) is 10.8. The van der Waals surface area contributed by atoms with Crippen LogP contribution in [-0.2, 0) is 7.64 Å². The minimum atomic E-state index is -0.487. The maximum atomic E-state index is 5.38. The standard InChI is InChI=1S/C10H20N2O2S2Se/c1-5-11(6-2)9(15)13-17-14-10(16)12(7-3)8-4/h5-8H2,1-4H3. The number of nitrogens with zero attached hydrogens (tertiary/aromatic N) is 2. The second-order valence-corrected chi connectivity index (χ2v) is 4.79. The molecule has 0 amide bonds. The molecule has 0 aliphatic heterocycles. The van der Waals surface area contributed by atoms with Crippen molar-refractivity contribution in [3.8, 4) is 0 Å². The molecule has 4 nitrogen and oxygen atoms in total. The van der Waals surface area contributed by atoms with Crippen LogP contribution in [0.1, 0.15) is 27.7 Å². The van der Waals surface area contributed by atoms with Gasteiger partial charge in [0.1, 0.15) is 0 Å². The van der Waals surface area contributed by atoms with Crippen molar-refractivity contribution in [2.24, 2.45) is 0 Å². The molecular weight excluding hydrogens is 323 g/mol. The van der Waals surface area contributed by atoms with Gasteiger partial charge < -0.3 is 0 Å². The molecule has 0 heterocycles. The molecule has 0 saturated heterocycles. The summed E-state index contributed by atoms with van der Waals surface area (Å²) in [5.74, 6) is 0. The first-order chi connectivity index (χ1) is 8.10. The first kappa shape index (κ1) is 16.9. The third kappa shape index (κ3) is 6.40. The average molecular weight is 343 g/mol. The van der Waals surface area contributed by atoms with E-state index in [2.05, 4.69) is 0 Å². The van der Waals surface area contributed by atoms with E-state index < -0.39 is 15.6 Å². The Balaban J connectivity index is 3.90. The van der Waals surface area contributed by atoms with Crippen molar-refractivity contribution in [1.82, 2.24) is 9.80 Å². The van der Waals surface area contributed by atoms with Gasteiger partial charge in [-0.1, -0.05) is 0 Å². The van der Waals surface area contributed by atoms with Crippen LogP contribution < -0.4 is 0 Å². The quantitative estimate of drug-likeness (QED) is 0.539. The number of rotatable bonds is 6. The summed E-state index contributed by atoms with van der Waals surface area (Å²) in [6.45, 7) is 11.5. The van der Waals surface area contributed by atoms with E-state index in [1.807, 2.05) is 37.5 Å². The van der Waals surface area contributed by atoms with Gasteiger partial charge in [-0.05, 0) is 0 Å². The van der Waals surface area contributed by atoms with Gasteiger partial charge in [-0.3, -0.25) is 0 Å². The molecule has 0 aromatic rings. The average Bonchev–Trinajstić information content (AvgIpc) is 2.32. The third-order valence-corrected chi connectivity index (χ3v) is 4.36. The molecule has 17 heavy (non-hydrogen) atoms. The first-order valence-corrected chi connectivity index (χ1v) is 7.91. The Morgan fingerprint density at radius 1 is 0.824 bits per heavy atom. The fraction of sp³-hybridized carbons (Fsp3) is 0.800. The van der Waals surface area contributed by atoms with Gasteiger partial charge in [-0.25, -0.2) is 0 Å². The first-order valence-electron chi connectivity index (χ1n) is 5.69. The molecule has 0 spiro atoms. The summed E-state index contributed by atoms with van der Waals surface area (Å²) in [5, 5.41) is 0.967. The molecule has 0 atom stereocenters. The van der Waals surface area contributed by atoms with E-state index in [1.165, 1.54) is 0 Å². The van der Waals surface area contributed by atoms with Crippen LogP contribution in [0.15, 0.2) is 0 Å².